The average molecular weight is 274 g/mol. The molecule has 0 aromatic carbocycles. The lowest BCUT2D eigenvalue weighted by atomic mass is 10.2. The van der Waals surface area contributed by atoms with Gasteiger partial charge in [-0.1, -0.05) is 20.3 Å². The van der Waals surface area contributed by atoms with Gasteiger partial charge in [0.15, 0.2) is 0 Å². The Hall–Kier alpha value is -0.0200. The molecule has 14 heavy (non-hydrogen) atoms. The topological polar surface area (TPSA) is 12.9 Å². The van der Waals surface area contributed by atoms with E-state index in [4.69, 9.17) is 0 Å². The predicted octanol–water partition coefficient (Wildman–Crippen LogP) is 4.29. The summed E-state index contributed by atoms with van der Waals surface area (Å²) in [5, 5.41) is 1.16. The van der Waals surface area contributed by atoms with Crippen LogP contribution in [0.3, 0.4) is 0 Å². The van der Waals surface area contributed by atoms with Crippen molar-refractivity contribution >= 4 is 27.7 Å². The molecule has 0 spiro atoms. The van der Waals surface area contributed by atoms with Gasteiger partial charge in [-0.25, -0.2) is 4.98 Å². The van der Waals surface area contributed by atoms with Crippen molar-refractivity contribution in [2.24, 2.45) is 5.92 Å². The van der Waals surface area contributed by atoms with Crippen LogP contribution < -0.4 is 0 Å². The first-order valence-corrected chi connectivity index (χ1v) is 6.66. The van der Waals surface area contributed by atoms with Crippen molar-refractivity contribution in [1.82, 2.24) is 4.98 Å². The third-order valence-electron chi connectivity index (χ3n) is 2.20. The van der Waals surface area contributed by atoms with Crippen molar-refractivity contribution in [2.75, 3.05) is 5.75 Å². The highest BCUT2D eigenvalue weighted by molar-refractivity contribution is 9.10. The Morgan fingerprint density at radius 2 is 2.29 bits per heavy atom. The molecule has 78 valence electrons. The summed E-state index contributed by atoms with van der Waals surface area (Å²) in [6, 6.07) is 2.12. The van der Waals surface area contributed by atoms with Crippen LogP contribution in [0.1, 0.15) is 25.8 Å². The number of nitrogens with zero attached hydrogens (tertiary/aromatic N) is 1. The van der Waals surface area contributed by atoms with Gasteiger partial charge in [0.2, 0.25) is 0 Å². The van der Waals surface area contributed by atoms with Crippen LogP contribution in [0.25, 0.3) is 0 Å². The molecule has 0 saturated heterocycles. The Labute approximate surface area is 98.8 Å². The summed E-state index contributed by atoms with van der Waals surface area (Å²) in [7, 11) is 0. The van der Waals surface area contributed by atoms with Gasteiger partial charge >= 0.3 is 0 Å². The van der Waals surface area contributed by atoms with Gasteiger partial charge in [-0.2, -0.15) is 0 Å². The molecule has 1 heterocycles. The molecule has 1 atom stereocenters. The van der Waals surface area contributed by atoms with Crippen LogP contribution in [0.2, 0.25) is 0 Å². The lowest BCUT2D eigenvalue weighted by Crippen LogP contribution is -1.96. The number of pyridine rings is 1. The zero-order valence-electron chi connectivity index (χ0n) is 8.88. The Bertz CT molecular complexity index is 301. The first kappa shape index (κ1) is 12.1. The minimum Gasteiger partial charge on any atom is -0.248 e. The first-order chi connectivity index (χ1) is 6.63. The largest absolute Gasteiger partial charge is 0.248 e. The van der Waals surface area contributed by atoms with Crippen molar-refractivity contribution in [2.45, 2.75) is 32.2 Å². The maximum absolute atomic E-state index is 4.40. The molecule has 0 fully saturated rings. The van der Waals surface area contributed by atoms with Gasteiger partial charge in [-0.3, -0.25) is 0 Å². The molecular formula is C11H16BrNS. The van der Waals surface area contributed by atoms with Gasteiger partial charge in [-0.05, 0) is 40.4 Å². The highest BCUT2D eigenvalue weighted by atomic mass is 79.9. The van der Waals surface area contributed by atoms with E-state index in [1.165, 1.54) is 12.0 Å². The third kappa shape index (κ3) is 3.62. The summed E-state index contributed by atoms with van der Waals surface area (Å²) in [6.45, 7) is 6.62. The van der Waals surface area contributed by atoms with Gasteiger partial charge in [0.25, 0.3) is 0 Å². The lowest BCUT2D eigenvalue weighted by molar-refractivity contribution is 0.636. The number of halogens is 1. The van der Waals surface area contributed by atoms with Gasteiger partial charge in [0.1, 0.15) is 0 Å². The number of aromatic nitrogens is 1. The first-order valence-electron chi connectivity index (χ1n) is 4.88. The zero-order chi connectivity index (χ0) is 10.6. The van der Waals surface area contributed by atoms with Gasteiger partial charge in [0, 0.05) is 16.4 Å². The van der Waals surface area contributed by atoms with Crippen molar-refractivity contribution in [3.05, 3.63) is 22.3 Å². The molecule has 0 aliphatic heterocycles. The Morgan fingerprint density at radius 3 is 2.86 bits per heavy atom. The van der Waals surface area contributed by atoms with Crippen LogP contribution in [0, 0.1) is 12.8 Å². The smallest absolute Gasteiger partial charge is 0.0989 e. The maximum Gasteiger partial charge on any atom is 0.0989 e. The van der Waals surface area contributed by atoms with Crippen molar-refractivity contribution in [3.8, 4) is 0 Å². The maximum atomic E-state index is 4.40. The van der Waals surface area contributed by atoms with E-state index in [0.717, 1.165) is 21.2 Å². The minimum atomic E-state index is 0.768. The van der Waals surface area contributed by atoms with Crippen LogP contribution in [0.15, 0.2) is 21.8 Å². The molecule has 1 unspecified atom stereocenters. The van der Waals surface area contributed by atoms with Crippen LogP contribution in [-0.4, -0.2) is 10.7 Å². The number of hydrogen-bond acceptors (Lipinski definition) is 2. The predicted molar refractivity (Wildman–Crippen MR) is 66.9 cm³/mol. The third-order valence-corrected chi connectivity index (χ3v) is 4.07. The van der Waals surface area contributed by atoms with E-state index in [-0.39, 0.29) is 0 Å². The Balaban J connectivity index is 2.59. The molecule has 0 saturated carbocycles. The van der Waals surface area contributed by atoms with E-state index < -0.39 is 0 Å². The molecule has 3 heteroatoms. The number of hydrogen-bond donors (Lipinski definition) is 0. The highest BCUT2D eigenvalue weighted by Gasteiger charge is 2.04. The molecule has 0 N–H and O–H groups in total. The van der Waals surface area contributed by atoms with Gasteiger partial charge in [0.05, 0.1) is 5.03 Å². The average Bonchev–Trinajstić information content (AvgIpc) is 2.16. The van der Waals surface area contributed by atoms with Crippen LogP contribution in [0.5, 0.6) is 0 Å². The number of rotatable bonds is 4. The van der Waals surface area contributed by atoms with Crippen molar-refractivity contribution < 1.29 is 0 Å². The molecule has 1 aromatic rings. The second kappa shape index (κ2) is 5.76. The Kier molecular flexibility index (Phi) is 4.96. The van der Waals surface area contributed by atoms with E-state index in [2.05, 4.69) is 47.8 Å². The minimum absolute atomic E-state index is 0.768. The number of aryl methyl sites for hydroxylation is 1. The van der Waals surface area contributed by atoms with Gasteiger partial charge < -0.3 is 0 Å². The highest BCUT2D eigenvalue weighted by Crippen LogP contribution is 2.24. The molecule has 0 radical (unpaired) electrons. The van der Waals surface area contributed by atoms with Crippen LogP contribution in [0.4, 0.5) is 0 Å². The SMILES string of the molecule is CCC(C)CSc1ncc(Br)cc1C. The van der Waals surface area contributed by atoms with E-state index in [9.17, 15) is 0 Å². The van der Waals surface area contributed by atoms with E-state index >= 15 is 0 Å². The van der Waals surface area contributed by atoms with Crippen molar-refractivity contribution in [1.29, 1.82) is 0 Å². The number of thioether (sulfide) groups is 1. The Morgan fingerprint density at radius 1 is 1.57 bits per heavy atom. The van der Waals surface area contributed by atoms with Gasteiger partial charge in [-0.15, -0.1) is 11.8 Å². The second-order valence-electron chi connectivity index (χ2n) is 3.60. The summed E-state index contributed by atoms with van der Waals surface area (Å²) in [5.41, 5.74) is 1.26. The lowest BCUT2D eigenvalue weighted by Gasteiger charge is -2.08. The molecule has 0 amide bonds. The zero-order valence-corrected chi connectivity index (χ0v) is 11.3. The summed E-state index contributed by atoms with van der Waals surface area (Å²) in [4.78, 5) is 4.40. The van der Waals surface area contributed by atoms with E-state index in [1.54, 1.807) is 0 Å². The molecule has 0 bridgehead atoms. The normalized spacial score (nSPS) is 12.9. The van der Waals surface area contributed by atoms with Crippen molar-refractivity contribution in [3.63, 3.8) is 0 Å². The summed E-state index contributed by atoms with van der Waals surface area (Å²) >= 11 is 5.27. The quantitative estimate of drug-likeness (QED) is 0.760. The summed E-state index contributed by atoms with van der Waals surface area (Å²) in [5.74, 6) is 1.93. The molecule has 1 rings (SSSR count). The standard InChI is InChI=1S/C11H16BrNS/c1-4-8(2)7-14-11-9(3)5-10(12)6-13-11/h5-6,8H,4,7H2,1-3H3. The summed E-state index contributed by atoms with van der Waals surface area (Å²) < 4.78 is 1.06. The van der Waals surface area contributed by atoms with Crippen LogP contribution in [-0.2, 0) is 0 Å². The fourth-order valence-electron chi connectivity index (χ4n) is 1.02. The monoisotopic (exact) mass is 273 g/mol. The second-order valence-corrected chi connectivity index (χ2v) is 5.52. The molecular weight excluding hydrogens is 258 g/mol. The molecule has 1 nitrogen and oxygen atoms in total. The van der Waals surface area contributed by atoms with E-state index in [0.29, 0.717) is 0 Å². The van der Waals surface area contributed by atoms with E-state index in [1.807, 2.05) is 18.0 Å². The van der Waals surface area contributed by atoms with Crippen LogP contribution >= 0.6 is 27.7 Å². The molecule has 1 aromatic heterocycles. The molecule has 0 aliphatic rings. The fourth-order valence-corrected chi connectivity index (χ4v) is 2.56. The summed E-state index contributed by atoms with van der Waals surface area (Å²) in [6.07, 6.45) is 3.11. The molecule has 0 aliphatic carbocycles. The fraction of sp³-hybridized carbons (Fsp3) is 0.545.